The van der Waals surface area contributed by atoms with Crippen LogP contribution in [0.5, 0.6) is 0 Å². The van der Waals surface area contributed by atoms with Gasteiger partial charge in [-0.05, 0) is 36.6 Å². The molecule has 2 amide bonds. The largest absolute Gasteiger partial charge is 0.368 e. The first-order chi connectivity index (χ1) is 13.5. The maximum Gasteiger partial charge on any atom is 0.269 e. The predicted octanol–water partition coefficient (Wildman–Crippen LogP) is 2.82. The molecule has 3 rings (SSSR count). The lowest BCUT2D eigenvalue weighted by molar-refractivity contribution is 0.0746. The van der Waals surface area contributed by atoms with Gasteiger partial charge in [-0.1, -0.05) is 32.0 Å². The lowest BCUT2D eigenvalue weighted by atomic mass is 10.1. The molecular weight excluding hydrogens is 352 g/mol. The van der Waals surface area contributed by atoms with Gasteiger partial charge < -0.3 is 15.1 Å². The Hall–Kier alpha value is -2.89. The Bertz CT molecular complexity index is 799. The van der Waals surface area contributed by atoms with Crippen LogP contribution >= 0.6 is 0 Å². The van der Waals surface area contributed by atoms with Crippen molar-refractivity contribution in [3.05, 3.63) is 59.9 Å². The van der Waals surface area contributed by atoms with Crippen molar-refractivity contribution in [2.75, 3.05) is 37.6 Å². The molecule has 148 valence electrons. The molecule has 0 atom stereocenters. The number of nitrogens with one attached hydrogen (secondary N) is 1. The third-order valence-corrected chi connectivity index (χ3v) is 4.93. The highest BCUT2D eigenvalue weighted by Crippen LogP contribution is 2.17. The fourth-order valence-corrected chi connectivity index (χ4v) is 3.24. The van der Waals surface area contributed by atoms with Crippen molar-refractivity contribution >= 4 is 17.5 Å². The second-order valence-electron chi connectivity index (χ2n) is 7.48. The fourth-order valence-electron chi connectivity index (χ4n) is 3.24. The molecule has 0 aliphatic carbocycles. The van der Waals surface area contributed by atoms with Crippen molar-refractivity contribution in [1.82, 2.24) is 15.2 Å². The van der Waals surface area contributed by atoms with Crippen LogP contribution in [0, 0.1) is 5.92 Å². The maximum absolute atomic E-state index is 12.9. The molecule has 0 saturated carbocycles. The number of carbonyl (C=O) groups excluding carboxylic acids is 2. The molecule has 0 bridgehead atoms. The van der Waals surface area contributed by atoms with Crippen LogP contribution in [0.1, 0.15) is 41.1 Å². The molecule has 1 aromatic carbocycles. The Morgan fingerprint density at radius 3 is 2.46 bits per heavy atom. The number of hydrogen-bond donors (Lipinski definition) is 1. The number of aromatic nitrogens is 1. The Morgan fingerprint density at radius 2 is 1.79 bits per heavy atom. The molecule has 1 aliphatic heterocycles. The SMILES string of the molecule is CC(C)CCNC(=O)c1cc(C(=O)N2CCN(c3ccccc3)CC2)ccn1. The van der Waals surface area contributed by atoms with Crippen LogP contribution in [0.4, 0.5) is 5.69 Å². The topological polar surface area (TPSA) is 65.5 Å². The molecule has 0 unspecified atom stereocenters. The normalized spacial score (nSPS) is 14.2. The monoisotopic (exact) mass is 380 g/mol. The van der Waals surface area contributed by atoms with Crippen LogP contribution < -0.4 is 10.2 Å². The van der Waals surface area contributed by atoms with Gasteiger partial charge in [0.1, 0.15) is 5.69 Å². The number of pyridine rings is 1. The molecule has 2 aromatic rings. The summed E-state index contributed by atoms with van der Waals surface area (Å²) < 4.78 is 0. The number of piperazine rings is 1. The molecule has 0 radical (unpaired) electrons. The summed E-state index contributed by atoms with van der Waals surface area (Å²) in [6.07, 6.45) is 2.45. The fraction of sp³-hybridized carbons (Fsp3) is 0.409. The molecule has 6 heteroatoms. The van der Waals surface area contributed by atoms with E-state index < -0.39 is 0 Å². The highest BCUT2D eigenvalue weighted by Gasteiger charge is 2.23. The van der Waals surface area contributed by atoms with Crippen LogP contribution in [0.15, 0.2) is 48.7 Å². The van der Waals surface area contributed by atoms with Crippen molar-refractivity contribution < 1.29 is 9.59 Å². The van der Waals surface area contributed by atoms with Gasteiger partial charge in [-0.3, -0.25) is 14.6 Å². The lowest BCUT2D eigenvalue weighted by Crippen LogP contribution is -2.48. The molecule has 1 N–H and O–H groups in total. The number of para-hydroxylation sites is 1. The molecule has 1 fully saturated rings. The number of carbonyl (C=O) groups is 2. The van der Waals surface area contributed by atoms with E-state index in [1.165, 1.54) is 11.9 Å². The van der Waals surface area contributed by atoms with Crippen LogP contribution in [0.3, 0.4) is 0 Å². The van der Waals surface area contributed by atoms with Gasteiger partial charge in [0.25, 0.3) is 11.8 Å². The summed E-state index contributed by atoms with van der Waals surface area (Å²) in [6.45, 7) is 7.74. The Morgan fingerprint density at radius 1 is 1.07 bits per heavy atom. The third-order valence-electron chi connectivity index (χ3n) is 4.93. The summed E-state index contributed by atoms with van der Waals surface area (Å²) in [5.41, 5.74) is 1.98. The van der Waals surface area contributed by atoms with E-state index in [4.69, 9.17) is 0 Å². The number of anilines is 1. The standard InChI is InChI=1S/C22H28N4O2/c1-17(2)8-10-24-21(27)20-16-18(9-11-23-20)22(28)26-14-12-25(13-15-26)19-6-4-3-5-7-19/h3-7,9,11,16-17H,8,10,12-15H2,1-2H3,(H,24,27). The number of amides is 2. The van der Waals surface area contributed by atoms with E-state index in [2.05, 4.69) is 41.2 Å². The van der Waals surface area contributed by atoms with Crippen LogP contribution in [-0.2, 0) is 0 Å². The van der Waals surface area contributed by atoms with E-state index in [0.29, 0.717) is 31.1 Å². The molecule has 28 heavy (non-hydrogen) atoms. The van der Waals surface area contributed by atoms with Gasteiger partial charge in [-0.2, -0.15) is 0 Å². The van der Waals surface area contributed by atoms with Gasteiger partial charge >= 0.3 is 0 Å². The van der Waals surface area contributed by atoms with Gasteiger partial charge in [0, 0.05) is 50.2 Å². The van der Waals surface area contributed by atoms with Crippen LogP contribution in [0.2, 0.25) is 0 Å². The zero-order chi connectivity index (χ0) is 19.9. The van der Waals surface area contributed by atoms with Gasteiger partial charge in [0.2, 0.25) is 0 Å². The van der Waals surface area contributed by atoms with Crippen molar-refractivity contribution in [3.8, 4) is 0 Å². The van der Waals surface area contributed by atoms with Crippen molar-refractivity contribution in [2.24, 2.45) is 5.92 Å². The Balaban J connectivity index is 1.58. The Labute approximate surface area is 166 Å². The molecule has 1 aliphatic rings. The molecule has 1 aromatic heterocycles. The summed E-state index contributed by atoms with van der Waals surface area (Å²) in [4.78, 5) is 33.4. The van der Waals surface area contributed by atoms with Gasteiger partial charge in [0.05, 0.1) is 0 Å². The first-order valence-corrected chi connectivity index (χ1v) is 9.88. The molecule has 2 heterocycles. The lowest BCUT2D eigenvalue weighted by Gasteiger charge is -2.36. The van der Waals surface area contributed by atoms with Gasteiger partial charge in [-0.25, -0.2) is 0 Å². The van der Waals surface area contributed by atoms with Crippen molar-refractivity contribution in [1.29, 1.82) is 0 Å². The maximum atomic E-state index is 12.9. The highest BCUT2D eigenvalue weighted by atomic mass is 16.2. The summed E-state index contributed by atoms with van der Waals surface area (Å²) in [5, 5.41) is 2.87. The quantitative estimate of drug-likeness (QED) is 0.837. The number of benzene rings is 1. The van der Waals surface area contributed by atoms with E-state index in [0.717, 1.165) is 19.5 Å². The third kappa shape index (κ3) is 5.09. The number of hydrogen-bond acceptors (Lipinski definition) is 4. The summed E-state index contributed by atoms with van der Waals surface area (Å²) >= 11 is 0. The van der Waals surface area contributed by atoms with E-state index in [1.54, 1.807) is 12.1 Å². The van der Waals surface area contributed by atoms with Gasteiger partial charge in [-0.15, -0.1) is 0 Å². The minimum Gasteiger partial charge on any atom is -0.368 e. The smallest absolute Gasteiger partial charge is 0.269 e. The van der Waals surface area contributed by atoms with E-state index >= 15 is 0 Å². The van der Waals surface area contributed by atoms with E-state index in [1.807, 2.05) is 23.1 Å². The molecular formula is C22H28N4O2. The predicted molar refractivity (Wildman–Crippen MR) is 111 cm³/mol. The molecule has 0 spiro atoms. The Kier molecular flexibility index (Phi) is 6.63. The van der Waals surface area contributed by atoms with E-state index in [9.17, 15) is 9.59 Å². The average molecular weight is 380 g/mol. The second-order valence-corrected chi connectivity index (χ2v) is 7.48. The number of rotatable bonds is 6. The minimum atomic E-state index is -0.232. The summed E-state index contributed by atoms with van der Waals surface area (Å²) in [7, 11) is 0. The summed E-state index contributed by atoms with van der Waals surface area (Å²) in [5.74, 6) is 0.242. The van der Waals surface area contributed by atoms with Crippen molar-refractivity contribution in [2.45, 2.75) is 20.3 Å². The van der Waals surface area contributed by atoms with Crippen molar-refractivity contribution in [3.63, 3.8) is 0 Å². The average Bonchev–Trinajstić information content (AvgIpc) is 2.74. The molecule has 1 saturated heterocycles. The zero-order valence-electron chi connectivity index (χ0n) is 16.6. The zero-order valence-corrected chi connectivity index (χ0v) is 16.6. The van der Waals surface area contributed by atoms with Crippen LogP contribution in [-0.4, -0.2) is 54.4 Å². The minimum absolute atomic E-state index is 0.0497. The summed E-state index contributed by atoms with van der Waals surface area (Å²) in [6, 6.07) is 13.5. The molecule has 6 nitrogen and oxygen atoms in total. The van der Waals surface area contributed by atoms with Gasteiger partial charge in [0.15, 0.2) is 0 Å². The first-order valence-electron chi connectivity index (χ1n) is 9.88. The van der Waals surface area contributed by atoms with E-state index in [-0.39, 0.29) is 17.5 Å². The first kappa shape index (κ1) is 19.9. The second kappa shape index (κ2) is 9.35. The van der Waals surface area contributed by atoms with Crippen LogP contribution in [0.25, 0.3) is 0 Å². The highest BCUT2D eigenvalue weighted by molar-refractivity contribution is 5.98. The number of nitrogens with zero attached hydrogens (tertiary/aromatic N) is 3.